The maximum Gasteiger partial charge on any atom is 0.308 e. The van der Waals surface area contributed by atoms with E-state index in [-0.39, 0.29) is 23.0 Å². The molecule has 66 heavy (non-hydrogen) atoms. The first-order chi connectivity index (χ1) is 30.9. The lowest BCUT2D eigenvalue weighted by Gasteiger charge is -2.23. The van der Waals surface area contributed by atoms with Crippen molar-refractivity contribution in [3.8, 4) is 91.6 Å². The molecule has 0 aliphatic heterocycles. The number of carbonyl (C=O) groups excluding carboxylic acids is 10. The lowest BCUT2D eigenvalue weighted by Crippen LogP contribution is -2.13. The van der Waals surface area contributed by atoms with Crippen molar-refractivity contribution < 1.29 is 105 Å². The van der Waals surface area contributed by atoms with Gasteiger partial charge in [0.05, 0.1) is 11.1 Å². The number of benzene rings is 4. The molecule has 4 rings (SSSR count). The van der Waals surface area contributed by atoms with Gasteiger partial charge in [0, 0.05) is 118 Å². The van der Waals surface area contributed by atoms with Gasteiger partial charge in [-0.3, -0.25) is 47.9 Å². The quantitative estimate of drug-likeness (QED) is 0.0948. The van der Waals surface area contributed by atoms with E-state index >= 15 is 0 Å². The van der Waals surface area contributed by atoms with E-state index in [1.165, 1.54) is 18.2 Å². The van der Waals surface area contributed by atoms with Gasteiger partial charge in [-0.05, 0) is 0 Å². The molecule has 4 aromatic rings. The van der Waals surface area contributed by atoms with E-state index in [2.05, 4.69) is 0 Å². The first kappa shape index (κ1) is 49.8. The fourth-order valence-electron chi connectivity index (χ4n) is 5.61. The predicted molar refractivity (Wildman–Crippen MR) is 218 cm³/mol. The van der Waals surface area contributed by atoms with Crippen LogP contribution < -0.4 is 56.8 Å². The lowest BCUT2D eigenvalue weighted by atomic mass is 9.99. The molecule has 0 saturated carbocycles. The molecule has 0 unspecified atom stereocenters. The minimum absolute atomic E-state index is 0.169. The second-order valence-electron chi connectivity index (χ2n) is 13.2. The highest BCUT2D eigenvalue weighted by Crippen LogP contribution is 2.57. The molecular formula is C44H38O22. The molecule has 22 heteroatoms. The van der Waals surface area contributed by atoms with Gasteiger partial charge in [-0.15, -0.1) is 0 Å². The van der Waals surface area contributed by atoms with Crippen LogP contribution in [-0.4, -0.2) is 59.7 Å². The average molecular weight is 919 g/mol. The van der Waals surface area contributed by atoms with Gasteiger partial charge >= 0.3 is 59.7 Å². The van der Waals surface area contributed by atoms with Crippen molar-refractivity contribution in [2.45, 2.75) is 69.2 Å². The van der Waals surface area contributed by atoms with Crippen molar-refractivity contribution >= 4 is 59.7 Å². The molecule has 4 aromatic carbocycles. The number of carbonyl (C=O) groups is 10. The van der Waals surface area contributed by atoms with Gasteiger partial charge in [0.2, 0.25) is 11.5 Å². The fraction of sp³-hybridized carbons (Fsp3) is 0.227. The minimum Gasteiger partial charge on any atom is -0.449 e. The highest BCUT2D eigenvalue weighted by Gasteiger charge is 2.34. The summed E-state index contributed by atoms with van der Waals surface area (Å²) in [5, 5.41) is 0. The zero-order valence-electron chi connectivity index (χ0n) is 36.6. The summed E-state index contributed by atoms with van der Waals surface area (Å²) in [6.07, 6.45) is 0. The maximum absolute atomic E-state index is 13.0. The first-order valence-electron chi connectivity index (χ1n) is 18.8. The molecule has 0 saturated heterocycles. The fourth-order valence-corrected chi connectivity index (χ4v) is 5.61. The van der Waals surface area contributed by atoms with E-state index in [9.17, 15) is 47.9 Å². The van der Waals surface area contributed by atoms with Crippen molar-refractivity contribution in [1.29, 1.82) is 0 Å². The Labute approximate surface area is 373 Å². The van der Waals surface area contributed by atoms with Gasteiger partial charge in [0.15, 0.2) is 23.0 Å². The number of hydrogen-bond donors (Lipinski definition) is 0. The number of rotatable bonds is 15. The van der Waals surface area contributed by atoms with Gasteiger partial charge in [-0.2, -0.15) is 0 Å². The summed E-state index contributed by atoms with van der Waals surface area (Å²) in [4.78, 5) is 124. The molecule has 0 spiro atoms. The predicted octanol–water partition coefficient (Wildman–Crippen LogP) is 6.19. The Morgan fingerprint density at radius 2 is 0.500 bits per heavy atom. The summed E-state index contributed by atoms with van der Waals surface area (Å²) in [5.74, 6) is -16.2. The van der Waals surface area contributed by atoms with E-state index < -0.39 is 128 Å². The maximum atomic E-state index is 13.0. The second-order valence-corrected chi connectivity index (χ2v) is 13.2. The largest absolute Gasteiger partial charge is 0.449 e. The third-order valence-electron chi connectivity index (χ3n) is 7.30. The van der Waals surface area contributed by atoms with Crippen LogP contribution >= 0.6 is 0 Å². The molecule has 0 radical (unpaired) electrons. The molecule has 22 nitrogen and oxygen atoms in total. The molecule has 0 atom stereocenters. The normalized spacial score (nSPS) is 10.3. The highest BCUT2D eigenvalue weighted by molar-refractivity contribution is 5.95. The lowest BCUT2D eigenvalue weighted by molar-refractivity contribution is -0.134. The van der Waals surface area contributed by atoms with E-state index in [0.717, 1.165) is 99.6 Å². The smallest absolute Gasteiger partial charge is 0.308 e. The van der Waals surface area contributed by atoms with Gasteiger partial charge in [-0.25, -0.2) is 0 Å². The van der Waals surface area contributed by atoms with Gasteiger partial charge in [0.1, 0.15) is 46.0 Å². The third kappa shape index (κ3) is 14.1. The van der Waals surface area contributed by atoms with Crippen LogP contribution in [0, 0.1) is 0 Å². The Morgan fingerprint density at radius 1 is 0.242 bits per heavy atom. The van der Waals surface area contributed by atoms with Crippen LogP contribution in [0.3, 0.4) is 0 Å². The highest BCUT2D eigenvalue weighted by atomic mass is 16.6. The first-order valence-corrected chi connectivity index (χ1v) is 18.8. The van der Waals surface area contributed by atoms with Crippen LogP contribution in [0.25, 0.3) is 11.1 Å². The van der Waals surface area contributed by atoms with Crippen LogP contribution in [0.2, 0.25) is 0 Å². The van der Waals surface area contributed by atoms with Crippen molar-refractivity contribution in [3.05, 3.63) is 48.5 Å². The molecular weight excluding hydrogens is 880 g/mol. The van der Waals surface area contributed by atoms with Crippen molar-refractivity contribution in [2.75, 3.05) is 0 Å². The third-order valence-corrected chi connectivity index (χ3v) is 7.30. The van der Waals surface area contributed by atoms with Gasteiger partial charge in [0.25, 0.3) is 0 Å². The molecule has 0 amide bonds. The van der Waals surface area contributed by atoms with Crippen LogP contribution in [0.1, 0.15) is 69.2 Å². The Morgan fingerprint density at radius 3 is 0.864 bits per heavy atom. The topological polar surface area (TPSA) is 281 Å². The molecule has 346 valence electrons. The van der Waals surface area contributed by atoms with E-state index in [1.54, 1.807) is 0 Å². The zero-order chi connectivity index (χ0) is 49.2. The van der Waals surface area contributed by atoms with Crippen LogP contribution in [0.15, 0.2) is 48.5 Å². The SMILES string of the molecule is CC(=O)Oc1cc(OC(C)=O)cc(Oc2c(OC(C)=O)cc(Oc3c(OC(C)=O)cc(OC(C)=O)c(-c4c(OC(C)=O)cc(OC(C)=O)cc4OC(C)=O)c3OC(C)=O)cc2OC(C)=O)c1. The van der Waals surface area contributed by atoms with Crippen LogP contribution in [0.5, 0.6) is 80.5 Å². The summed E-state index contributed by atoms with van der Waals surface area (Å²) in [6, 6.07) is 8.43. The Kier molecular flexibility index (Phi) is 16.2. The Hall–Kier alpha value is -8.82. The number of hydrogen-bond acceptors (Lipinski definition) is 22. The molecule has 0 heterocycles. The minimum atomic E-state index is -1.11. The summed E-state index contributed by atoms with van der Waals surface area (Å²) in [6.45, 7) is 10.1. The summed E-state index contributed by atoms with van der Waals surface area (Å²) >= 11 is 0. The number of ether oxygens (including phenoxy) is 12. The van der Waals surface area contributed by atoms with E-state index in [0.29, 0.717) is 0 Å². The van der Waals surface area contributed by atoms with E-state index in [4.69, 9.17) is 56.8 Å². The molecule has 0 N–H and O–H groups in total. The molecule has 0 fully saturated rings. The summed E-state index contributed by atoms with van der Waals surface area (Å²) in [7, 11) is 0. The monoisotopic (exact) mass is 918 g/mol. The second kappa shape index (κ2) is 21.5. The van der Waals surface area contributed by atoms with Crippen molar-refractivity contribution in [2.24, 2.45) is 0 Å². The summed E-state index contributed by atoms with van der Waals surface area (Å²) in [5.41, 5.74) is -1.03. The van der Waals surface area contributed by atoms with E-state index in [1.807, 2.05) is 0 Å². The molecule has 0 bridgehead atoms. The van der Waals surface area contributed by atoms with Crippen molar-refractivity contribution in [3.63, 3.8) is 0 Å². The van der Waals surface area contributed by atoms with Gasteiger partial charge in [-0.1, -0.05) is 0 Å². The van der Waals surface area contributed by atoms with Gasteiger partial charge < -0.3 is 56.8 Å². The average Bonchev–Trinajstić information content (AvgIpc) is 3.12. The Bertz CT molecular complexity index is 2580. The van der Waals surface area contributed by atoms with Crippen molar-refractivity contribution in [1.82, 2.24) is 0 Å². The molecule has 0 aliphatic rings. The molecule has 0 aromatic heterocycles. The summed E-state index contributed by atoms with van der Waals surface area (Å²) < 4.78 is 66.0. The molecule has 0 aliphatic carbocycles. The Balaban J connectivity index is 2.18. The zero-order valence-corrected chi connectivity index (χ0v) is 36.6. The van der Waals surface area contributed by atoms with Crippen LogP contribution in [0.4, 0.5) is 0 Å². The number of esters is 10. The van der Waals surface area contributed by atoms with Crippen LogP contribution in [-0.2, 0) is 47.9 Å². The standard InChI is InChI=1S/C44H38O22/c1-19(45)55-29-11-30(56-20(2)46)13-31(12-29)65-42-37(61-25(7)51)16-33(17-38(42)62-26(8)52)66-43-39(63-27(9)53)18-36(60-24(6)50)41(44(43)64-28(10)54)40-34(58-22(4)48)14-32(57-21(3)47)15-35(40)59-23(5)49/h11-18H,1-10H3.